The van der Waals surface area contributed by atoms with Crippen LogP contribution in [0.25, 0.3) is 10.9 Å². The summed E-state index contributed by atoms with van der Waals surface area (Å²) in [6.45, 7) is 8.96. The van der Waals surface area contributed by atoms with Gasteiger partial charge in [0.1, 0.15) is 6.33 Å². The van der Waals surface area contributed by atoms with E-state index in [1.165, 1.54) is 25.4 Å². The first-order valence-corrected chi connectivity index (χ1v) is 11.6. The summed E-state index contributed by atoms with van der Waals surface area (Å²) in [5, 5.41) is 3.07. The molecule has 0 bridgehead atoms. The molecular formula is C26H29FN4O5. The molecule has 1 amide bonds. The highest BCUT2D eigenvalue weighted by atomic mass is 19.1. The third-order valence-corrected chi connectivity index (χ3v) is 5.66. The number of morpholine rings is 1. The number of benzene rings is 2. The van der Waals surface area contributed by atoms with Crippen LogP contribution in [-0.2, 0) is 9.53 Å². The molecule has 2 aromatic carbocycles. The number of methoxy groups -OCH3 is 1. The topological polar surface area (TPSA) is 95.0 Å². The summed E-state index contributed by atoms with van der Waals surface area (Å²) in [5.41, 5.74) is 0.894. The fraction of sp³-hybridized carbons (Fsp3) is 0.346. The molecular weight excluding hydrogens is 467 g/mol. The van der Waals surface area contributed by atoms with Gasteiger partial charge in [0.15, 0.2) is 23.1 Å². The molecule has 36 heavy (non-hydrogen) atoms. The summed E-state index contributed by atoms with van der Waals surface area (Å²) < 4.78 is 37.4. The van der Waals surface area contributed by atoms with Crippen molar-refractivity contribution >= 4 is 22.5 Å². The Morgan fingerprint density at radius 3 is 2.89 bits per heavy atom. The number of nitrogens with zero attached hydrogens (tertiary/aromatic N) is 3. The zero-order valence-electron chi connectivity index (χ0n) is 20.3. The van der Waals surface area contributed by atoms with Crippen molar-refractivity contribution < 1.29 is 28.1 Å². The van der Waals surface area contributed by atoms with Gasteiger partial charge in [0.05, 0.1) is 37.3 Å². The molecule has 1 aromatic heterocycles. The van der Waals surface area contributed by atoms with Crippen LogP contribution in [0.1, 0.15) is 13.3 Å². The Balaban J connectivity index is 1.45. The van der Waals surface area contributed by atoms with Gasteiger partial charge in [0.2, 0.25) is 11.8 Å². The zero-order chi connectivity index (χ0) is 25.5. The number of ether oxygens (including phenoxy) is 4. The lowest BCUT2D eigenvalue weighted by Gasteiger charge is -2.31. The predicted molar refractivity (Wildman–Crippen MR) is 133 cm³/mol. The van der Waals surface area contributed by atoms with Crippen molar-refractivity contribution in [1.82, 2.24) is 14.9 Å². The van der Waals surface area contributed by atoms with Crippen molar-refractivity contribution in [3.05, 3.63) is 55.1 Å². The van der Waals surface area contributed by atoms with E-state index in [1.807, 2.05) is 6.08 Å². The molecule has 0 spiro atoms. The average Bonchev–Trinajstić information content (AvgIpc) is 2.87. The summed E-state index contributed by atoms with van der Waals surface area (Å²) in [4.78, 5) is 22.0. The van der Waals surface area contributed by atoms with E-state index in [9.17, 15) is 9.18 Å². The molecule has 2 heterocycles. The number of fused-ring (bicyclic) bond motifs is 1. The van der Waals surface area contributed by atoms with Gasteiger partial charge in [-0.15, -0.1) is 6.58 Å². The Bertz CT molecular complexity index is 1240. The van der Waals surface area contributed by atoms with Gasteiger partial charge in [-0.05, 0) is 24.6 Å². The standard InChI is InChI=1S/C26H29FN4O5/c1-4-19-15-31(9-11-34-19)8-5-10-35-25-14-22-20(13-24(25)33-3)26(29-16-28-22)36-23-7-6-18(12-21(23)27)30-17(2)32/h4,6-7,12-14,16,19H,1,5,8-11,15H2,2-3H3,(H,30,32). The Morgan fingerprint density at radius 1 is 1.28 bits per heavy atom. The van der Waals surface area contributed by atoms with Crippen molar-refractivity contribution in [2.24, 2.45) is 0 Å². The van der Waals surface area contributed by atoms with Gasteiger partial charge in [-0.2, -0.15) is 0 Å². The van der Waals surface area contributed by atoms with E-state index < -0.39 is 5.82 Å². The van der Waals surface area contributed by atoms with E-state index in [0.29, 0.717) is 41.3 Å². The van der Waals surface area contributed by atoms with E-state index in [1.54, 1.807) is 25.3 Å². The molecule has 1 atom stereocenters. The van der Waals surface area contributed by atoms with Gasteiger partial charge in [-0.25, -0.2) is 14.4 Å². The quantitative estimate of drug-likeness (QED) is 0.330. The van der Waals surface area contributed by atoms with Crippen LogP contribution in [0, 0.1) is 5.82 Å². The third kappa shape index (κ3) is 6.27. The molecule has 0 saturated carbocycles. The van der Waals surface area contributed by atoms with Crippen LogP contribution in [0.15, 0.2) is 49.3 Å². The van der Waals surface area contributed by atoms with E-state index >= 15 is 0 Å². The number of hydrogen-bond donors (Lipinski definition) is 1. The van der Waals surface area contributed by atoms with Crippen LogP contribution in [0.2, 0.25) is 0 Å². The Morgan fingerprint density at radius 2 is 2.14 bits per heavy atom. The van der Waals surface area contributed by atoms with Gasteiger partial charge in [0, 0.05) is 44.4 Å². The first-order valence-electron chi connectivity index (χ1n) is 11.6. The van der Waals surface area contributed by atoms with Crippen LogP contribution < -0.4 is 19.5 Å². The van der Waals surface area contributed by atoms with Crippen molar-refractivity contribution in [2.45, 2.75) is 19.4 Å². The van der Waals surface area contributed by atoms with Crippen molar-refractivity contribution in [2.75, 3.05) is 45.3 Å². The lowest BCUT2D eigenvalue weighted by molar-refractivity contribution is -0.114. The van der Waals surface area contributed by atoms with Crippen LogP contribution in [0.4, 0.5) is 10.1 Å². The molecule has 10 heteroatoms. The number of anilines is 1. The second-order valence-electron chi connectivity index (χ2n) is 8.28. The number of nitrogens with one attached hydrogen (secondary N) is 1. The molecule has 4 rings (SSSR count). The highest BCUT2D eigenvalue weighted by Crippen LogP contribution is 2.36. The van der Waals surface area contributed by atoms with E-state index in [4.69, 9.17) is 18.9 Å². The zero-order valence-corrected chi connectivity index (χ0v) is 20.3. The number of rotatable bonds is 10. The van der Waals surface area contributed by atoms with E-state index in [-0.39, 0.29) is 23.6 Å². The molecule has 190 valence electrons. The first kappa shape index (κ1) is 25.3. The smallest absolute Gasteiger partial charge is 0.230 e. The second-order valence-corrected chi connectivity index (χ2v) is 8.28. The molecule has 1 aliphatic rings. The minimum absolute atomic E-state index is 0.0369. The second kappa shape index (κ2) is 11.8. The number of carbonyl (C=O) groups excluding carboxylic acids is 1. The molecule has 3 aromatic rings. The minimum atomic E-state index is -0.639. The molecule has 0 radical (unpaired) electrons. The Kier molecular flexibility index (Phi) is 8.29. The SMILES string of the molecule is C=CC1CN(CCCOc2cc3ncnc(Oc4ccc(NC(C)=O)cc4F)c3cc2OC)CCO1. The molecule has 9 nitrogen and oxygen atoms in total. The first-order chi connectivity index (χ1) is 17.5. The fourth-order valence-electron chi connectivity index (χ4n) is 3.91. The molecule has 0 aliphatic carbocycles. The molecule has 1 N–H and O–H groups in total. The maximum atomic E-state index is 14.6. The molecule has 1 fully saturated rings. The van der Waals surface area contributed by atoms with Gasteiger partial charge in [-0.1, -0.05) is 6.08 Å². The number of aromatic nitrogens is 2. The number of halogens is 1. The molecule has 1 saturated heterocycles. The van der Waals surface area contributed by atoms with E-state index in [0.717, 1.165) is 26.1 Å². The molecule has 1 aliphatic heterocycles. The predicted octanol–water partition coefficient (Wildman–Crippen LogP) is 4.18. The van der Waals surface area contributed by atoms with Crippen LogP contribution in [0.5, 0.6) is 23.1 Å². The lowest BCUT2D eigenvalue weighted by Crippen LogP contribution is -2.42. The van der Waals surface area contributed by atoms with Gasteiger partial charge in [-0.3, -0.25) is 9.69 Å². The summed E-state index contributed by atoms with van der Waals surface area (Å²) in [6.07, 6.45) is 4.07. The van der Waals surface area contributed by atoms with Crippen molar-refractivity contribution in [3.63, 3.8) is 0 Å². The number of carbonyl (C=O) groups is 1. The van der Waals surface area contributed by atoms with Gasteiger partial charge >= 0.3 is 0 Å². The van der Waals surface area contributed by atoms with Crippen molar-refractivity contribution in [1.29, 1.82) is 0 Å². The van der Waals surface area contributed by atoms with E-state index in [2.05, 4.69) is 26.8 Å². The Labute approximate surface area is 208 Å². The number of hydrogen-bond acceptors (Lipinski definition) is 8. The number of amides is 1. The van der Waals surface area contributed by atoms with Crippen LogP contribution >= 0.6 is 0 Å². The van der Waals surface area contributed by atoms with Crippen molar-refractivity contribution in [3.8, 4) is 23.1 Å². The normalized spacial score (nSPS) is 15.9. The highest BCUT2D eigenvalue weighted by molar-refractivity contribution is 5.89. The summed E-state index contributed by atoms with van der Waals surface area (Å²) in [5.74, 6) is 0.232. The summed E-state index contributed by atoms with van der Waals surface area (Å²) in [6, 6.07) is 7.61. The van der Waals surface area contributed by atoms with Crippen LogP contribution in [0.3, 0.4) is 0 Å². The lowest BCUT2D eigenvalue weighted by atomic mass is 10.2. The average molecular weight is 497 g/mol. The maximum absolute atomic E-state index is 14.6. The Hall–Kier alpha value is -3.76. The fourth-order valence-corrected chi connectivity index (χ4v) is 3.91. The maximum Gasteiger partial charge on any atom is 0.230 e. The minimum Gasteiger partial charge on any atom is -0.493 e. The largest absolute Gasteiger partial charge is 0.493 e. The summed E-state index contributed by atoms with van der Waals surface area (Å²) >= 11 is 0. The molecule has 1 unspecified atom stereocenters. The van der Waals surface area contributed by atoms with Crippen LogP contribution in [-0.4, -0.2) is 66.8 Å². The summed E-state index contributed by atoms with van der Waals surface area (Å²) in [7, 11) is 1.54. The highest BCUT2D eigenvalue weighted by Gasteiger charge is 2.18. The third-order valence-electron chi connectivity index (χ3n) is 5.66. The van der Waals surface area contributed by atoms with Gasteiger partial charge in [0.25, 0.3) is 0 Å². The van der Waals surface area contributed by atoms with Gasteiger partial charge < -0.3 is 24.3 Å². The monoisotopic (exact) mass is 496 g/mol.